The normalized spacial score (nSPS) is 11.7. The molecule has 0 amide bonds. The van der Waals surface area contributed by atoms with Crippen LogP contribution in [0.2, 0.25) is 0 Å². The van der Waals surface area contributed by atoms with E-state index in [4.69, 9.17) is 0 Å². The standard InChI is InChI=1S/C15H15F3N2O2S/c1-10-7-12(11(2)19(10)9-15(16,17)18)13(21)8-23-14-5-3-4-6-20(14)22/h3-7H,8-9H2,1-2H3. The molecule has 2 aromatic rings. The van der Waals surface area contributed by atoms with E-state index in [2.05, 4.69) is 0 Å². The quantitative estimate of drug-likeness (QED) is 0.362. The van der Waals surface area contributed by atoms with Gasteiger partial charge in [0.25, 0.3) is 5.03 Å². The summed E-state index contributed by atoms with van der Waals surface area (Å²) >= 11 is 1.06. The maximum Gasteiger partial charge on any atom is 0.406 e. The van der Waals surface area contributed by atoms with Crippen molar-refractivity contribution in [2.24, 2.45) is 0 Å². The number of thioether (sulfide) groups is 1. The summed E-state index contributed by atoms with van der Waals surface area (Å²) in [5.41, 5.74) is 0.924. The van der Waals surface area contributed by atoms with Crippen LogP contribution in [0.4, 0.5) is 13.2 Å². The van der Waals surface area contributed by atoms with Crippen molar-refractivity contribution in [1.29, 1.82) is 0 Å². The fraction of sp³-hybridized carbons (Fsp3) is 0.333. The number of carbonyl (C=O) groups is 1. The number of aromatic nitrogens is 2. The summed E-state index contributed by atoms with van der Waals surface area (Å²) in [5.74, 6) is -0.317. The summed E-state index contributed by atoms with van der Waals surface area (Å²) in [5, 5.41) is 11.9. The molecule has 0 fully saturated rings. The van der Waals surface area contributed by atoms with Gasteiger partial charge in [-0.2, -0.15) is 17.9 Å². The largest absolute Gasteiger partial charge is 0.618 e. The van der Waals surface area contributed by atoms with Crippen LogP contribution in [0, 0.1) is 19.1 Å². The van der Waals surface area contributed by atoms with Crippen molar-refractivity contribution in [2.75, 3.05) is 5.75 Å². The molecule has 0 radical (unpaired) electrons. The number of ketones is 1. The highest BCUT2D eigenvalue weighted by Crippen LogP contribution is 2.24. The van der Waals surface area contributed by atoms with E-state index in [-0.39, 0.29) is 22.8 Å². The third-order valence-electron chi connectivity index (χ3n) is 3.35. The Balaban J connectivity index is 2.14. The second-order valence-electron chi connectivity index (χ2n) is 5.06. The highest BCUT2D eigenvalue weighted by molar-refractivity contribution is 7.99. The molecule has 0 saturated carbocycles. The van der Waals surface area contributed by atoms with E-state index < -0.39 is 12.7 Å². The van der Waals surface area contributed by atoms with E-state index in [0.29, 0.717) is 15.5 Å². The van der Waals surface area contributed by atoms with E-state index in [1.807, 2.05) is 0 Å². The van der Waals surface area contributed by atoms with Crippen LogP contribution in [-0.4, -0.2) is 22.3 Å². The molecule has 8 heteroatoms. The maximum absolute atomic E-state index is 12.6. The van der Waals surface area contributed by atoms with E-state index >= 15 is 0 Å². The van der Waals surface area contributed by atoms with Crippen molar-refractivity contribution in [2.45, 2.75) is 31.6 Å². The van der Waals surface area contributed by atoms with E-state index in [0.717, 1.165) is 16.3 Å². The zero-order chi connectivity index (χ0) is 17.2. The Bertz CT molecular complexity index is 726. The highest BCUT2D eigenvalue weighted by atomic mass is 32.2. The summed E-state index contributed by atoms with van der Waals surface area (Å²) in [6.07, 6.45) is -3.02. The van der Waals surface area contributed by atoms with Crippen LogP contribution < -0.4 is 4.73 Å². The molecule has 2 rings (SSSR count). The van der Waals surface area contributed by atoms with E-state index in [9.17, 15) is 23.2 Å². The van der Waals surface area contributed by atoms with Gasteiger partial charge in [0, 0.05) is 29.1 Å². The van der Waals surface area contributed by atoms with Crippen LogP contribution >= 0.6 is 11.8 Å². The van der Waals surface area contributed by atoms with Gasteiger partial charge in [-0.3, -0.25) is 4.79 Å². The fourth-order valence-electron chi connectivity index (χ4n) is 2.25. The molecule has 4 nitrogen and oxygen atoms in total. The summed E-state index contributed by atoms with van der Waals surface area (Å²) in [4.78, 5) is 12.3. The van der Waals surface area contributed by atoms with Crippen molar-refractivity contribution in [3.63, 3.8) is 0 Å². The lowest BCUT2D eigenvalue weighted by Gasteiger charge is -2.12. The maximum atomic E-state index is 12.6. The lowest BCUT2D eigenvalue weighted by Crippen LogP contribution is -2.28. The summed E-state index contributed by atoms with van der Waals surface area (Å²) in [6, 6.07) is 6.29. The molecular formula is C15H15F3N2O2S. The third kappa shape index (κ3) is 4.28. The van der Waals surface area contributed by atoms with Crippen molar-refractivity contribution in [3.05, 3.63) is 52.6 Å². The minimum absolute atomic E-state index is 0.0113. The van der Waals surface area contributed by atoms with Crippen LogP contribution in [0.25, 0.3) is 0 Å². The van der Waals surface area contributed by atoms with Crippen molar-refractivity contribution >= 4 is 17.5 Å². The Kier molecular flexibility index (Phi) is 5.03. The number of hydrogen-bond acceptors (Lipinski definition) is 3. The molecule has 0 aliphatic heterocycles. The molecule has 2 heterocycles. The summed E-state index contributed by atoms with van der Waals surface area (Å²) in [6.45, 7) is 1.91. The van der Waals surface area contributed by atoms with E-state index in [1.54, 1.807) is 18.2 Å². The molecule has 23 heavy (non-hydrogen) atoms. The lowest BCUT2D eigenvalue weighted by atomic mass is 10.2. The molecule has 124 valence electrons. The second kappa shape index (κ2) is 6.66. The van der Waals surface area contributed by atoms with Gasteiger partial charge in [0.15, 0.2) is 12.0 Å². The van der Waals surface area contributed by atoms with Gasteiger partial charge in [-0.05, 0) is 37.7 Å². The van der Waals surface area contributed by atoms with Gasteiger partial charge in [-0.25, -0.2) is 0 Å². The number of aryl methyl sites for hydroxylation is 1. The zero-order valence-electron chi connectivity index (χ0n) is 12.6. The van der Waals surface area contributed by atoms with Crippen LogP contribution in [0.3, 0.4) is 0 Å². The number of halogens is 3. The number of Topliss-reactive ketones (excluding diaryl/α,β-unsaturated/α-hetero) is 1. The molecule has 0 aliphatic rings. The predicted octanol–water partition coefficient (Wildman–Crippen LogP) is 3.28. The van der Waals surface area contributed by atoms with Crippen LogP contribution in [0.15, 0.2) is 35.5 Å². The van der Waals surface area contributed by atoms with Crippen LogP contribution in [-0.2, 0) is 6.54 Å². The average molecular weight is 344 g/mol. The van der Waals surface area contributed by atoms with Crippen molar-refractivity contribution in [1.82, 2.24) is 4.57 Å². The first-order valence-corrected chi connectivity index (χ1v) is 7.75. The first-order valence-electron chi connectivity index (χ1n) is 6.76. The smallest absolute Gasteiger partial charge is 0.406 e. The van der Waals surface area contributed by atoms with Gasteiger partial charge < -0.3 is 9.77 Å². The molecule has 0 spiro atoms. The number of alkyl halides is 3. The minimum Gasteiger partial charge on any atom is -0.618 e. The zero-order valence-corrected chi connectivity index (χ0v) is 13.4. The average Bonchev–Trinajstić information content (AvgIpc) is 2.73. The lowest BCUT2D eigenvalue weighted by molar-refractivity contribution is -0.645. The first-order chi connectivity index (χ1) is 10.7. The fourth-order valence-corrected chi connectivity index (χ4v) is 3.05. The Hall–Kier alpha value is -1.96. The number of rotatable bonds is 5. The third-order valence-corrected chi connectivity index (χ3v) is 4.37. The molecule has 0 aromatic carbocycles. The Labute approximate surface area is 135 Å². The van der Waals surface area contributed by atoms with Gasteiger partial charge in [0.05, 0.1) is 5.75 Å². The number of nitrogens with zero attached hydrogens (tertiary/aromatic N) is 2. The van der Waals surface area contributed by atoms with Crippen molar-refractivity contribution < 1.29 is 22.7 Å². The molecule has 2 aromatic heterocycles. The molecule has 0 aliphatic carbocycles. The van der Waals surface area contributed by atoms with Crippen molar-refractivity contribution in [3.8, 4) is 0 Å². The van der Waals surface area contributed by atoms with E-state index in [1.165, 1.54) is 26.1 Å². The first kappa shape index (κ1) is 17.4. The molecule has 0 saturated heterocycles. The Morgan fingerprint density at radius 3 is 2.65 bits per heavy atom. The summed E-state index contributed by atoms with van der Waals surface area (Å²) in [7, 11) is 0. The summed E-state index contributed by atoms with van der Waals surface area (Å²) < 4.78 is 39.5. The molecule has 0 atom stereocenters. The predicted molar refractivity (Wildman–Crippen MR) is 80.4 cm³/mol. The topological polar surface area (TPSA) is 48.9 Å². The SMILES string of the molecule is Cc1cc(C(=O)CSc2cccc[n+]2[O-])c(C)n1CC(F)(F)F. The Morgan fingerprint density at radius 2 is 2.04 bits per heavy atom. The van der Waals surface area contributed by atoms with Gasteiger partial charge in [0.2, 0.25) is 0 Å². The van der Waals surface area contributed by atoms with Gasteiger partial charge >= 0.3 is 6.18 Å². The molecule has 0 bridgehead atoms. The van der Waals surface area contributed by atoms with Crippen LogP contribution in [0.1, 0.15) is 21.7 Å². The van der Waals surface area contributed by atoms with Gasteiger partial charge in [-0.1, -0.05) is 0 Å². The Morgan fingerprint density at radius 1 is 1.35 bits per heavy atom. The number of pyridine rings is 1. The number of hydrogen-bond donors (Lipinski definition) is 0. The molecule has 0 N–H and O–H groups in total. The van der Waals surface area contributed by atoms with Crippen LogP contribution in [0.5, 0.6) is 0 Å². The monoisotopic (exact) mass is 344 g/mol. The number of carbonyl (C=O) groups excluding carboxylic acids is 1. The highest BCUT2D eigenvalue weighted by Gasteiger charge is 2.30. The molecule has 0 unspecified atom stereocenters. The van der Waals surface area contributed by atoms with Gasteiger partial charge in [-0.15, -0.1) is 0 Å². The molecular weight excluding hydrogens is 329 g/mol. The second-order valence-corrected chi connectivity index (χ2v) is 6.06. The van der Waals surface area contributed by atoms with Gasteiger partial charge in [0.1, 0.15) is 6.54 Å². The minimum atomic E-state index is -4.35.